The molecule has 1 aromatic heterocycles. The van der Waals surface area contributed by atoms with Crippen molar-refractivity contribution in [3.8, 4) is 0 Å². The van der Waals surface area contributed by atoms with Crippen LogP contribution in [0.3, 0.4) is 0 Å². The van der Waals surface area contributed by atoms with Gasteiger partial charge in [0.1, 0.15) is 29.8 Å². The van der Waals surface area contributed by atoms with Gasteiger partial charge in [0.15, 0.2) is 5.89 Å². The average Bonchev–Trinajstić information content (AvgIpc) is 3.45. The molecule has 0 aliphatic carbocycles. The van der Waals surface area contributed by atoms with Gasteiger partial charge in [-0.25, -0.2) is 9.78 Å². The highest BCUT2D eigenvalue weighted by molar-refractivity contribution is 5.82. The zero-order valence-corrected chi connectivity index (χ0v) is 26.4. The minimum absolute atomic E-state index is 0.0283. The molecule has 0 bridgehead atoms. The Morgan fingerprint density at radius 1 is 1.23 bits per heavy atom. The normalized spacial score (nSPS) is 33.7. The molecule has 10 nitrogen and oxygen atoms in total. The van der Waals surface area contributed by atoms with Crippen LogP contribution >= 0.6 is 0 Å². The molecule has 3 rings (SSSR count). The van der Waals surface area contributed by atoms with Crippen LogP contribution in [0.25, 0.3) is 6.08 Å². The van der Waals surface area contributed by atoms with Gasteiger partial charge < -0.3 is 34.3 Å². The number of carbonyl (C=O) groups excluding carboxylic acids is 1. The molecule has 2 aliphatic rings. The smallest absolute Gasteiger partial charge is 0.330 e. The van der Waals surface area contributed by atoms with Crippen LogP contribution in [0, 0.1) is 24.7 Å². The van der Waals surface area contributed by atoms with Crippen LogP contribution in [0.4, 0.5) is 0 Å². The molecular formula is C34H47NO9. The number of fused-ring (bicyclic) bond motifs is 1. The van der Waals surface area contributed by atoms with Gasteiger partial charge in [0.05, 0.1) is 18.3 Å². The Labute approximate surface area is 259 Å². The molecule has 0 amide bonds. The van der Waals surface area contributed by atoms with Crippen LogP contribution in [0.5, 0.6) is 0 Å². The lowest BCUT2D eigenvalue weighted by atomic mass is 9.86. The van der Waals surface area contributed by atoms with Gasteiger partial charge in [-0.15, -0.1) is 0 Å². The third kappa shape index (κ3) is 10.1. The number of aliphatic hydroxyl groups is 3. The fraction of sp³-hybridized carbons (Fsp3) is 0.559. The number of aliphatic hydroxyl groups excluding tert-OH is 3. The molecule has 242 valence electrons. The van der Waals surface area contributed by atoms with Crippen LogP contribution in [-0.4, -0.2) is 73.5 Å². The van der Waals surface area contributed by atoms with Crippen molar-refractivity contribution >= 4 is 18.0 Å². The number of epoxide rings is 1. The highest BCUT2D eigenvalue weighted by Gasteiger charge is 2.56. The number of aromatic nitrogens is 1. The predicted molar refractivity (Wildman–Crippen MR) is 165 cm³/mol. The average molecular weight is 614 g/mol. The number of aliphatic carboxylic acids is 1. The maximum Gasteiger partial charge on any atom is 0.330 e. The van der Waals surface area contributed by atoms with E-state index in [1.165, 1.54) is 6.08 Å². The van der Waals surface area contributed by atoms with Gasteiger partial charge in [-0.2, -0.15) is 0 Å². The number of cyclic esters (lactones) is 1. The largest absolute Gasteiger partial charge is 0.481 e. The quantitative estimate of drug-likeness (QED) is 0.140. The van der Waals surface area contributed by atoms with Crippen LogP contribution in [-0.2, 0) is 19.1 Å². The number of ether oxygens (including phenoxy) is 2. The molecule has 0 radical (unpaired) electrons. The molecule has 3 heterocycles. The number of oxazole rings is 1. The van der Waals surface area contributed by atoms with Crippen molar-refractivity contribution < 1.29 is 43.9 Å². The summed E-state index contributed by atoms with van der Waals surface area (Å²) in [5.74, 6) is -2.29. The lowest BCUT2D eigenvalue weighted by molar-refractivity contribution is -0.150. The number of aryl methyl sites for hydroxylation is 1. The summed E-state index contributed by atoms with van der Waals surface area (Å²) in [5.41, 5.74) is 1.37. The molecule has 44 heavy (non-hydrogen) atoms. The highest BCUT2D eigenvalue weighted by atomic mass is 16.6. The third-order valence-electron chi connectivity index (χ3n) is 8.51. The summed E-state index contributed by atoms with van der Waals surface area (Å²) < 4.78 is 16.8. The van der Waals surface area contributed by atoms with Crippen molar-refractivity contribution in [3.63, 3.8) is 0 Å². The monoisotopic (exact) mass is 613 g/mol. The number of carbonyl (C=O) groups is 2. The van der Waals surface area contributed by atoms with E-state index in [-0.39, 0.29) is 37.5 Å². The summed E-state index contributed by atoms with van der Waals surface area (Å²) in [7, 11) is 0. The number of esters is 1. The Bertz CT molecular complexity index is 1290. The Hall–Kier alpha value is -3.31. The minimum Gasteiger partial charge on any atom is -0.481 e. The van der Waals surface area contributed by atoms with E-state index in [1.807, 2.05) is 38.2 Å². The fourth-order valence-electron chi connectivity index (χ4n) is 5.37. The van der Waals surface area contributed by atoms with Crippen molar-refractivity contribution in [3.05, 3.63) is 71.5 Å². The molecule has 10 heteroatoms. The van der Waals surface area contributed by atoms with E-state index in [1.54, 1.807) is 52.2 Å². The number of hydrogen-bond donors (Lipinski definition) is 4. The lowest BCUT2D eigenvalue weighted by Crippen LogP contribution is -2.40. The summed E-state index contributed by atoms with van der Waals surface area (Å²) in [4.78, 5) is 28.5. The highest BCUT2D eigenvalue weighted by Crippen LogP contribution is 2.43. The summed E-state index contributed by atoms with van der Waals surface area (Å²) in [6.45, 7) is 10.8. The first kappa shape index (κ1) is 35.2. The summed E-state index contributed by atoms with van der Waals surface area (Å²) in [6, 6.07) is 0. The van der Waals surface area contributed by atoms with Crippen LogP contribution in [0.15, 0.2) is 64.4 Å². The number of rotatable bonds is 8. The van der Waals surface area contributed by atoms with E-state index in [0.29, 0.717) is 17.2 Å². The fourth-order valence-corrected chi connectivity index (χ4v) is 5.37. The first-order valence-electron chi connectivity index (χ1n) is 15.1. The van der Waals surface area contributed by atoms with Crippen molar-refractivity contribution in [1.29, 1.82) is 0 Å². The maximum absolute atomic E-state index is 12.9. The van der Waals surface area contributed by atoms with Gasteiger partial charge in [0, 0.05) is 37.7 Å². The van der Waals surface area contributed by atoms with E-state index in [9.17, 15) is 30.0 Å². The van der Waals surface area contributed by atoms with Crippen LogP contribution in [0.2, 0.25) is 0 Å². The number of allylic oxidation sites excluding steroid dienone is 5. The Morgan fingerprint density at radius 3 is 2.61 bits per heavy atom. The van der Waals surface area contributed by atoms with Gasteiger partial charge in [0.2, 0.25) is 0 Å². The SMILES string of the molecule is CC(/C=C/C=C(\C)[C@H](O)[C@@H](C)C1C[C@H](O)[C@]2(C)O[C@@H]2/C=C/[C@@H](C)[C@H](O)C[C@H](CC(=O)O)C/C=C/C(=O)O1)=C\c1coc(C)n1. The second kappa shape index (κ2) is 15.6. The van der Waals surface area contributed by atoms with Crippen LogP contribution < -0.4 is 0 Å². The Kier molecular flexibility index (Phi) is 12.5. The first-order chi connectivity index (χ1) is 20.7. The zero-order chi connectivity index (χ0) is 32.6. The number of hydrogen-bond acceptors (Lipinski definition) is 9. The van der Waals surface area contributed by atoms with Gasteiger partial charge in [0.25, 0.3) is 0 Å². The molecule has 0 spiro atoms. The van der Waals surface area contributed by atoms with E-state index in [2.05, 4.69) is 4.98 Å². The second-order valence-electron chi connectivity index (χ2n) is 12.4. The Balaban J connectivity index is 1.78. The molecular weight excluding hydrogens is 566 g/mol. The molecule has 1 saturated heterocycles. The van der Waals surface area contributed by atoms with E-state index in [0.717, 1.165) is 5.57 Å². The van der Waals surface area contributed by atoms with Crippen LogP contribution in [0.1, 0.15) is 71.9 Å². The van der Waals surface area contributed by atoms with E-state index >= 15 is 0 Å². The molecule has 1 aromatic rings. The molecule has 1 fully saturated rings. The van der Waals surface area contributed by atoms with Crippen molar-refractivity contribution in [2.24, 2.45) is 17.8 Å². The summed E-state index contributed by atoms with van der Waals surface area (Å²) in [5, 5.41) is 42.4. The van der Waals surface area contributed by atoms with E-state index in [4.69, 9.17) is 13.9 Å². The summed E-state index contributed by atoms with van der Waals surface area (Å²) >= 11 is 0. The second-order valence-corrected chi connectivity index (χ2v) is 12.4. The topological polar surface area (TPSA) is 163 Å². The van der Waals surface area contributed by atoms with Crippen molar-refractivity contribution in [1.82, 2.24) is 4.98 Å². The molecule has 0 aromatic carbocycles. The minimum atomic E-state index is -1.00. The molecule has 1 unspecified atom stereocenters. The molecule has 0 saturated carbocycles. The third-order valence-corrected chi connectivity index (χ3v) is 8.51. The van der Waals surface area contributed by atoms with Gasteiger partial charge in [-0.05, 0) is 56.8 Å². The number of nitrogens with zero attached hydrogens (tertiary/aromatic N) is 1. The Morgan fingerprint density at radius 2 is 1.95 bits per heavy atom. The van der Waals surface area contributed by atoms with Gasteiger partial charge in [-0.1, -0.05) is 50.3 Å². The number of carboxylic acids is 1. The lowest BCUT2D eigenvalue weighted by Gasteiger charge is -2.30. The first-order valence-corrected chi connectivity index (χ1v) is 15.1. The van der Waals surface area contributed by atoms with E-state index < -0.39 is 54.0 Å². The zero-order valence-electron chi connectivity index (χ0n) is 26.4. The predicted octanol–water partition coefficient (Wildman–Crippen LogP) is 4.70. The maximum atomic E-state index is 12.9. The standard InChI is InChI=1S/C34H47NO9/c1-20(15-26-19-42-24(5)35-26)9-7-10-22(3)33(41)23(4)28-18-29(37)34(6)30(44-34)14-13-21(2)27(36)16-25(17-31(38)39)11-8-12-32(40)43-28/h7-10,12-15,19,21,23,25,27-30,33,36-37,41H,11,16-18H2,1-6H3,(H,38,39)/b9-7+,12-8+,14-13+,20-15+,22-10+/t21-,23+,25-,27-,28?,29+,30-,33+,34+/m1/s1. The number of carboxylic acid groups (broad SMARTS) is 1. The molecule has 4 N–H and O–H groups in total. The van der Waals surface area contributed by atoms with Crippen molar-refractivity contribution in [2.75, 3.05) is 0 Å². The molecule has 2 aliphatic heterocycles. The van der Waals surface area contributed by atoms with Gasteiger partial charge >= 0.3 is 11.9 Å². The molecule has 9 atom stereocenters. The van der Waals surface area contributed by atoms with Gasteiger partial charge in [-0.3, -0.25) is 4.79 Å². The van der Waals surface area contributed by atoms with Crippen molar-refractivity contribution in [2.45, 2.75) is 103 Å². The summed E-state index contributed by atoms with van der Waals surface area (Å²) in [6.07, 6.45) is 11.7.